The van der Waals surface area contributed by atoms with Crippen LogP contribution in [0, 0.1) is 0 Å². The molecule has 1 unspecified atom stereocenters. The second-order valence-corrected chi connectivity index (χ2v) is 6.16. The molecular formula is C16H20N2O2S. The predicted molar refractivity (Wildman–Crippen MR) is 85.4 cm³/mol. The van der Waals surface area contributed by atoms with E-state index in [0.717, 1.165) is 28.5 Å². The third-order valence-corrected chi connectivity index (χ3v) is 5.18. The fraction of sp³-hybridized carbons (Fsp3) is 0.438. The summed E-state index contributed by atoms with van der Waals surface area (Å²) in [6, 6.07) is 6.32. The fourth-order valence-corrected chi connectivity index (χ4v) is 4.07. The van der Waals surface area contributed by atoms with Gasteiger partial charge in [-0.3, -0.25) is 0 Å². The summed E-state index contributed by atoms with van der Waals surface area (Å²) in [6.07, 6.45) is 3.45. The molecule has 2 aromatic rings. The molecule has 1 atom stereocenters. The van der Waals surface area contributed by atoms with E-state index in [-0.39, 0.29) is 0 Å². The molecule has 0 saturated carbocycles. The van der Waals surface area contributed by atoms with E-state index in [9.17, 15) is 0 Å². The van der Waals surface area contributed by atoms with E-state index in [2.05, 4.69) is 5.32 Å². The summed E-state index contributed by atoms with van der Waals surface area (Å²) in [6.45, 7) is 0. The van der Waals surface area contributed by atoms with Crippen molar-refractivity contribution in [1.29, 1.82) is 0 Å². The smallest absolute Gasteiger partial charge is 0.132 e. The molecule has 1 aliphatic rings. The zero-order valence-electron chi connectivity index (χ0n) is 12.6. The average Bonchev–Trinajstić information content (AvgIpc) is 2.97. The largest absolute Gasteiger partial charge is 0.497 e. The lowest BCUT2D eigenvalue weighted by Crippen LogP contribution is -2.19. The molecule has 0 aliphatic heterocycles. The van der Waals surface area contributed by atoms with Gasteiger partial charge in [0.2, 0.25) is 0 Å². The van der Waals surface area contributed by atoms with E-state index >= 15 is 0 Å². The Bertz CT molecular complexity index is 639. The van der Waals surface area contributed by atoms with E-state index in [4.69, 9.17) is 14.5 Å². The van der Waals surface area contributed by atoms with E-state index in [0.29, 0.717) is 6.04 Å². The van der Waals surface area contributed by atoms with Gasteiger partial charge in [-0.25, -0.2) is 4.98 Å². The zero-order valence-corrected chi connectivity index (χ0v) is 13.4. The molecule has 1 aliphatic carbocycles. The van der Waals surface area contributed by atoms with Crippen LogP contribution in [0.3, 0.4) is 0 Å². The molecule has 1 aromatic heterocycles. The maximum absolute atomic E-state index is 5.50. The average molecular weight is 304 g/mol. The number of nitrogens with zero attached hydrogens (tertiary/aromatic N) is 1. The second kappa shape index (κ2) is 6.03. The minimum absolute atomic E-state index is 0.434. The number of aromatic nitrogens is 1. The monoisotopic (exact) mass is 304 g/mol. The quantitative estimate of drug-likeness (QED) is 0.940. The van der Waals surface area contributed by atoms with Gasteiger partial charge in [-0.1, -0.05) is 0 Å². The molecule has 0 saturated heterocycles. The number of benzene rings is 1. The van der Waals surface area contributed by atoms with Gasteiger partial charge in [0.1, 0.15) is 16.5 Å². The van der Waals surface area contributed by atoms with Crippen LogP contribution in [0.5, 0.6) is 11.5 Å². The van der Waals surface area contributed by atoms with Crippen LogP contribution in [0.25, 0.3) is 10.6 Å². The van der Waals surface area contributed by atoms with Gasteiger partial charge in [0, 0.05) is 17.0 Å². The lowest BCUT2D eigenvalue weighted by molar-refractivity contribution is 0.395. The van der Waals surface area contributed by atoms with Crippen molar-refractivity contribution in [3.8, 4) is 22.1 Å². The fourth-order valence-electron chi connectivity index (χ4n) is 2.79. The minimum atomic E-state index is 0.434. The molecule has 112 valence electrons. The number of nitrogens with one attached hydrogen (secondary N) is 1. The van der Waals surface area contributed by atoms with Crippen molar-refractivity contribution in [2.45, 2.75) is 25.3 Å². The highest BCUT2D eigenvalue weighted by molar-refractivity contribution is 7.15. The van der Waals surface area contributed by atoms with Gasteiger partial charge in [-0.15, -0.1) is 11.3 Å². The molecule has 21 heavy (non-hydrogen) atoms. The van der Waals surface area contributed by atoms with Crippen LogP contribution in [0.2, 0.25) is 0 Å². The summed E-state index contributed by atoms with van der Waals surface area (Å²) >= 11 is 1.77. The Balaban J connectivity index is 2.03. The molecule has 0 radical (unpaired) electrons. The highest BCUT2D eigenvalue weighted by Gasteiger charge is 2.24. The number of hydrogen-bond donors (Lipinski definition) is 1. The van der Waals surface area contributed by atoms with Crippen LogP contribution < -0.4 is 14.8 Å². The Morgan fingerprint density at radius 1 is 1.29 bits per heavy atom. The summed E-state index contributed by atoms with van der Waals surface area (Å²) in [5.74, 6) is 1.60. The van der Waals surface area contributed by atoms with Crippen molar-refractivity contribution in [2.24, 2.45) is 0 Å². The van der Waals surface area contributed by atoms with E-state index < -0.39 is 0 Å². The van der Waals surface area contributed by atoms with Gasteiger partial charge in [-0.2, -0.15) is 0 Å². The Labute approximate surface area is 129 Å². The third-order valence-electron chi connectivity index (χ3n) is 3.94. The summed E-state index contributed by atoms with van der Waals surface area (Å²) in [5.41, 5.74) is 2.27. The van der Waals surface area contributed by atoms with Gasteiger partial charge in [0.15, 0.2) is 0 Å². The van der Waals surface area contributed by atoms with Gasteiger partial charge >= 0.3 is 0 Å². The van der Waals surface area contributed by atoms with Crippen LogP contribution in [0.1, 0.15) is 29.5 Å². The van der Waals surface area contributed by atoms with Gasteiger partial charge in [-0.05, 0) is 38.4 Å². The highest BCUT2D eigenvalue weighted by atomic mass is 32.1. The Hall–Kier alpha value is -1.59. The molecular weight excluding hydrogens is 284 g/mol. The van der Waals surface area contributed by atoms with E-state index in [1.54, 1.807) is 25.6 Å². The minimum Gasteiger partial charge on any atom is -0.497 e. The van der Waals surface area contributed by atoms with Crippen molar-refractivity contribution < 1.29 is 9.47 Å². The normalized spacial score (nSPS) is 17.4. The molecule has 0 fully saturated rings. The van der Waals surface area contributed by atoms with Crippen molar-refractivity contribution in [2.75, 3.05) is 21.3 Å². The topological polar surface area (TPSA) is 43.4 Å². The Morgan fingerprint density at radius 2 is 2.14 bits per heavy atom. The van der Waals surface area contributed by atoms with Crippen LogP contribution in [0.15, 0.2) is 18.2 Å². The van der Waals surface area contributed by atoms with Crippen molar-refractivity contribution in [1.82, 2.24) is 10.3 Å². The first-order valence-corrected chi connectivity index (χ1v) is 7.97. The molecule has 0 amide bonds. The number of ether oxygens (including phenoxy) is 2. The lowest BCUT2D eigenvalue weighted by atomic mass is 9.98. The first-order valence-electron chi connectivity index (χ1n) is 7.16. The summed E-state index contributed by atoms with van der Waals surface area (Å²) in [5, 5.41) is 4.42. The zero-order chi connectivity index (χ0) is 14.8. The summed E-state index contributed by atoms with van der Waals surface area (Å²) < 4.78 is 10.8. The maximum Gasteiger partial charge on any atom is 0.132 e. The van der Waals surface area contributed by atoms with Gasteiger partial charge in [0.25, 0.3) is 0 Å². The van der Waals surface area contributed by atoms with Gasteiger partial charge < -0.3 is 14.8 Å². The number of fused-ring (bicyclic) bond motifs is 1. The molecule has 4 nitrogen and oxygen atoms in total. The van der Waals surface area contributed by atoms with Gasteiger partial charge in [0.05, 0.1) is 25.5 Å². The molecule has 0 spiro atoms. The summed E-state index contributed by atoms with van der Waals surface area (Å²) in [7, 11) is 5.36. The van der Waals surface area contributed by atoms with E-state index in [1.807, 2.05) is 25.2 Å². The van der Waals surface area contributed by atoms with Crippen molar-refractivity contribution in [3.63, 3.8) is 0 Å². The molecule has 1 heterocycles. The molecule has 0 bridgehead atoms. The number of rotatable bonds is 4. The number of thiazole rings is 1. The van der Waals surface area contributed by atoms with Crippen molar-refractivity contribution >= 4 is 11.3 Å². The second-order valence-electron chi connectivity index (χ2n) is 5.13. The van der Waals surface area contributed by atoms with Crippen LogP contribution in [-0.2, 0) is 6.42 Å². The Kier molecular flexibility index (Phi) is 4.12. The van der Waals surface area contributed by atoms with E-state index in [1.165, 1.54) is 23.4 Å². The first-order chi connectivity index (χ1) is 10.3. The summed E-state index contributed by atoms with van der Waals surface area (Å²) in [4.78, 5) is 6.21. The SMILES string of the molecule is CNC1CCCc2nc(-c3ccc(OC)cc3OC)sc21. The number of hydrogen-bond acceptors (Lipinski definition) is 5. The highest BCUT2D eigenvalue weighted by Crippen LogP contribution is 2.41. The van der Waals surface area contributed by atoms with Crippen LogP contribution in [-0.4, -0.2) is 26.3 Å². The van der Waals surface area contributed by atoms with Crippen molar-refractivity contribution in [3.05, 3.63) is 28.8 Å². The molecule has 5 heteroatoms. The number of aryl methyl sites for hydroxylation is 1. The third kappa shape index (κ3) is 2.63. The standard InChI is InChI=1S/C16H20N2O2S/c1-17-12-5-4-6-13-15(12)21-16(18-13)11-8-7-10(19-2)9-14(11)20-3/h7-9,12,17H,4-6H2,1-3H3. The molecule has 1 N–H and O–H groups in total. The van der Waals surface area contributed by atoms with Crippen LogP contribution >= 0.6 is 11.3 Å². The Morgan fingerprint density at radius 3 is 2.86 bits per heavy atom. The first kappa shape index (κ1) is 14.4. The molecule has 1 aromatic carbocycles. The number of methoxy groups -OCH3 is 2. The lowest BCUT2D eigenvalue weighted by Gasteiger charge is -2.19. The predicted octanol–water partition coefficient (Wildman–Crippen LogP) is 3.42. The molecule has 3 rings (SSSR count). The van der Waals surface area contributed by atoms with Crippen LogP contribution in [0.4, 0.5) is 0 Å². The maximum atomic E-state index is 5.50.